The molecule has 0 radical (unpaired) electrons. The van der Waals surface area contributed by atoms with Crippen molar-refractivity contribution < 1.29 is 22.8 Å². The van der Waals surface area contributed by atoms with E-state index in [-0.39, 0.29) is 5.69 Å². The number of hydrogen-bond acceptors (Lipinski definition) is 3. The van der Waals surface area contributed by atoms with E-state index in [0.29, 0.717) is 18.9 Å². The van der Waals surface area contributed by atoms with Gasteiger partial charge in [0.05, 0.1) is 5.92 Å². The van der Waals surface area contributed by atoms with Crippen LogP contribution in [0.2, 0.25) is 0 Å². The maximum absolute atomic E-state index is 12.4. The fraction of sp³-hybridized carbons (Fsp3) is 0.417. The van der Waals surface area contributed by atoms with Gasteiger partial charge in [-0.1, -0.05) is 12.2 Å². The largest absolute Gasteiger partial charge is 0.432 e. The van der Waals surface area contributed by atoms with Gasteiger partial charge >= 0.3 is 6.18 Å². The van der Waals surface area contributed by atoms with Crippen molar-refractivity contribution in [3.05, 3.63) is 29.6 Å². The average molecular weight is 302 g/mol. The van der Waals surface area contributed by atoms with E-state index < -0.39 is 35.6 Å². The van der Waals surface area contributed by atoms with Crippen LogP contribution in [0.25, 0.3) is 0 Å². The molecule has 1 aliphatic rings. The molecule has 0 aliphatic heterocycles. The van der Waals surface area contributed by atoms with Gasteiger partial charge in [-0.25, -0.2) is 0 Å². The number of hydrogen-bond donors (Lipinski definition) is 3. The lowest BCUT2D eigenvalue weighted by atomic mass is 9.88. The number of aromatic amines is 1. The Balaban J connectivity index is 2.09. The maximum atomic E-state index is 12.4. The van der Waals surface area contributed by atoms with Crippen molar-refractivity contribution in [2.75, 3.05) is 0 Å². The van der Waals surface area contributed by atoms with Crippen molar-refractivity contribution in [1.82, 2.24) is 15.5 Å². The van der Waals surface area contributed by atoms with Crippen LogP contribution in [0.1, 0.15) is 29.0 Å². The normalized spacial score (nSPS) is 22.0. The SMILES string of the molecule is NC(=O)[C@@H]1CC=CC[C@H]1NC(=O)c1cc(C(F)(F)F)[nH]n1. The molecule has 2 atom stereocenters. The van der Waals surface area contributed by atoms with E-state index in [9.17, 15) is 22.8 Å². The molecule has 21 heavy (non-hydrogen) atoms. The minimum Gasteiger partial charge on any atom is -0.369 e. The summed E-state index contributed by atoms with van der Waals surface area (Å²) in [5, 5.41) is 7.57. The number of nitrogens with one attached hydrogen (secondary N) is 2. The maximum Gasteiger partial charge on any atom is 0.432 e. The summed E-state index contributed by atoms with van der Waals surface area (Å²) < 4.78 is 37.3. The molecular weight excluding hydrogens is 289 g/mol. The predicted octanol–water partition coefficient (Wildman–Crippen LogP) is 0.978. The van der Waals surface area contributed by atoms with Gasteiger partial charge in [0, 0.05) is 12.1 Å². The quantitative estimate of drug-likeness (QED) is 0.725. The Labute approximate surface area is 117 Å². The third-order valence-corrected chi connectivity index (χ3v) is 3.23. The number of amides is 2. The molecular formula is C12H13F3N4O2. The third-order valence-electron chi connectivity index (χ3n) is 3.23. The van der Waals surface area contributed by atoms with Crippen molar-refractivity contribution in [1.29, 1.82) is 0 Å². The molecule has 1 aliphatic carbocycles. The van der Waals surface area contributed by atoms with Gasteiger partial charge in [0.25, 0.3) is 5.91 Å². The first-order valence-corrected chi connectivity index (χ1v) is 6.17. The second-order valence-electron chi connectivity index (χ2n) is 4.70. The number of rotatable bonds is 3. The Hall–Kier alpha value is -2.32. The molecule has 114 valence electrons. The molecule has 0 aromatic carbocycles. The van der Waals surface area contributed by atoms with Gasteiger partial charge in [-0.2, -0.15) is 18.3 Å². The van der Waals surface area contributed by atoms with Crippen LogP contribution in [0.3, 0.4) is 0 Å². The van der Waals surface area contributed by atoms with Gasteiger partial charge in [-0.05, 0) is 12.8 Å². The lowest BCUT2D eigenvalue weighted by molar-refractivity contribution is -0.141. The highest BCUT2D eigenvalue weighted by molar-refractivity contribution is 5.93. The molecule has 0 saturated carbocycles. The van der Waals surface area contributed by atoms with Crippen LogP contribution < -0.4 is 11.1 Å². The summed E-state index contributed by atoms with van der Waals surface area (Å²) in [6.07, 6.45) is -0.288. The summed E-state index contributed by atoms with van der Waals surface area (Å²) in [5.41, 5.74) is 3.74. The summed E-state index contributed by atoms with van der Waals surface area (Å²) in [6.45, 7) is 0. The van der Waals surface area contributed by atoms with Crippen LogP contribution in [0.4, 0.5) is 13.2 Å². The number of allylic oxidation sites excluding steroid dienone is 1. The molecule has 6 nitrogen and oxygen atoms in total. The number of carbonyl (C=O) groups excluding carboxylic acids is 2. The Bertz CT molecular complexity index is 579. The number of aromatic nitrogens is 2. The molecule has 9 heteroatoms. The van der Waals surface area contributed by atoms with Gasteiger partial charge < -0.3 is 11.1 Å². The smallest absolute Gasteiger partial charge is 0.369 e. The average Bonchev–Trinajstić information content (AvgIpc) is 2.88. The van der Waals surface area contributed by atoms with Gasteiger partial charge in [-0.15, -0.1) is 0 Å². The molecule has 2 amide bonds. The third kappa shape index (κ3) is 3.41. The number of H-pyrrole nitrogens is 1. The fourth-order valence-corrected chi connectivity index (χ4v) is 2.11. The van der Waals surface area contributed by atoms with E-state index in [2.05, 4.69) is 10.4 Å². The zero-order valence-electron chi connectivity index (χ0n) is 10.8. The molecule has 0 unspecified atom stereocenters. The minimum absolute atomic E-state index is 0.384. The van der Waals surface area contributed by atoms with E-state index >= 15 is 0 Å². The zero-order chi connectivity index (χ0) is 15.6. The van der Waals surface area contributed by atoms with Crippen molar-refractivity contribution >= 4 is 11.8 Å². The van der Waals surface area contributed by atoms with Crippen LogP contribution in [0, 0.1) is 5.92 Å². The summed E-state index contributed by atoms with van der Waals surface area (Å²) in [6, 6.07) is 0.0684. The molecule has 1 aromatic heterocycles. The molecule has 4 N–H and O–H groups in total. The number of nitrogens with two attached hydrogens (primary N) is 1. The summed E-state index contributed by atoms with van der Waals surface area (Å²) >= 11 is 0. The van der Waals surface area contributed by atoms with Gasteiger partial charge in [0.1, 0.15) is 5.69 Å². The second-order valence-corrected chi connectivity index (χ2v) is 4.70. The highest BCUT2D eigenvalue weighted by atomic mass is 19.4. The monoisotopic (exact) mass is 302 g/mol. The van der Waals surface area contributed by atoms with Crippen LogP contribution in [-0.4, -0.2) is 28.1 Å². The first kappa shape index (κ1) is 15.1. The minimum atomic E-state index is -4.60. The van der Waals surface area contributed by atoms with E-state index in [0.717, 1.165) is 0 Å². The standard InChI is InChI=1S/C12H13F3N4O2/c13-12(14,15)9-5-8(18-19-9)11(21)17-7-4-2-1-3-6(7)10(16)20/h1-2,5-7H,3-4H2,(H2,16,20)(H,17,21)(H,18,19)/t6-,7-/m1/s1. The van der Waals surface area contributed by atoms with E-state index in [1.54, 1.807) is 17.3 Å². The van der Waals surface area contributed by atoms with Gasteiger partial charge in [-0.3, -0.25) is 14.7 Å². The molecule has 1 heterocycles. The summed E-state index contributed by atoms with van der Waals surface area (Å²) in [7, 11) is 0. The molecule has 0 spiro atoms. The van der Waals surface area contributed by atoms with Crippen molar-refractivity contribution in [2.24, 2.45) is 11.7 Å². The Kier molecular flexibility index (Phi) is 4.01. The molecule has 2 rings (SSSR count). The zero-order valence-corrected chi connectivity index (χ0v) is 10.8. The summed E-state index contributed by atoms with van der Waals surface area (Å²) in [5.74, 6) is -1.93. The number of carbonyl (C=O) groups is 2. The second kappa shape index (κ2) is 5.58. The van der Waals surface area contributed by atoms with Gasteiger partial charge in [0.15, 0.2) is 5.69 Å². The first-order chi connectivity index (χ1) is 9.79. The number of nitrogens with zero attached hydrogens (tertiary/aromatic N) is 1. The van der Waals surface area contributed by atoms with Crippen molar-refractivity contribution in [2.45, 2.75) is 25.1 Å². The first-order valence-electron chi connectivity index (χ1n) is 6.17. The fourth-order valence-electron chi connectivity index (χ4n) is 2.11. The highest BCUT2D eigenvalue weighted by Gasteiger charge is 2.34. The number of primary amides is 1. The van der Waals surface area contributed by atoms with E-state index in [4.69, 9.17) is 5.73 Å². The van der Waals surface area contributed by atoms with Crippen molar-refractivity contribution in [3.63, 3.8) is 0 Å². The molecule has 1 aromatic rings. The summed E-state index contributed by atoms with van der Waals surface area (Å²) in [4.78, 5) is 23.2. The Morgan fingerprint density at radius 2 is 2.00 bits per heavy atom. The number of halogens is 3. The van der Waals surface area contributed by atoms with Crippen LogP contribution in [0.15, 0.2) is 18.2 Å². The molecule has 0 saturated heterocycles. The van der Waals surface area contributed by atoms with Crippen LogP contribution in [-0.2, 0) is 11.0 Å². The molecule has 0 fully saturated rings. The van der Waals surface area contributed by atoms with Crippen LogP contribution >= 0.6 is 0 Å². The molecule has 0 bridgehead atoms. The lowest BCUT2D eigenvalue weighted by Crippen LogP contribution is -2.46. The van der Waals surface area contributed by atoms with Crippen LogP contribution in [0.5, 0.6) is 0 Å². The van der Waals surface area contributed by atoms with Crippen molar-refractivity contribution in [3.8, 4) is 0 Å². The highest BCUT2D eigenvalue weighted by Crippen LogP contribution is 2.27. The predicted molar refractivity (Wildman–Crippen MR) is 65.9 cm³/mol. The van der Waals surface area contributed by atoms with E-state index in [1.807, 2.05) is 0 Å². The van der Waals surface area contributed by atoms with E-state index in [1.165, 1.54) is 0 Å². The number of alkyl halides is 3. The Morgan fingerprint density at radius 3 is 2.57 bits per heavy atom. The van der Waals surface area contributed by atoms with Gasteiger partial charge in [0.2, 0.25) is 5.91 Å². The topological polar surface area (TPSA) is 101 Å². The lowest BCUT2D eigenvalue weighted by Gasteiger charge is -2.26. The Morgan fingerprint density at radius 1 is 1.33 bits per heavy atom.